The van der Waals surface area contributed by atoms with Crippen LogP contribution >= 0.6 is 23.8 Å². The van der Waals surface area contributed by atoms with Crippen LogP contribution in [0.1, 0.15) is 6.92 Å². The van der Waals surface area contributed by atoms with Crippen molar-refractivity contribution in [3.05, 3.63) is 29.3 Å². The molecular formula is C9H10ClN3OS. The number of carbonyl (C=O) groups is 1. The van der Waals surface area contributed by atoms with Gasteiger partial charge in [-0.3, -0.25) is 15.6 Å². The molecule has 3 N–H and O–H groups in total. The second kappa shape index (κ2) is 5.53. The second-order valence-electron chi connectivity index (χ2n) is 2.74. The first kappa shape index (κ1) is 11.7. The Kier molecular flexibility index (Phi) is 4.33. The van der Waals surface area contributed by atoms with Gasteiger partial charge in [0, 0.05) is 6.92 Å². The quantitative estimate of drug-likeness (QED) is 0.519. The average Bonchev–Trinajstić information content (AvgIpc) is 2.18. The van der Waals surface area contributed by atoms with E-state index in [0.717, 1.165) is 0 Å². The van der Waals surface area contributed by atoms with Gasteiger partial charge in [0.1, 0.15) is 0 Å². The summed E-state index contributed by atoms with van der Waals surface area (Å²) in [7, 11) is 0. The molecule has 1 rings (SSSR count). The van der Waals surface area contributed by atoms with E-state index in [1.165, 1.54) is 6.92 Å². The normalized spacial score (nSPS) is 9.20. The van der Waals surface area contributed by atoms with E-state index >= 15 is 0 Å². The molecule has 0 bridgehead atoms. The highest BCUT2D eigenvalue weighted by Gasteiger charge is 2.00. The van der Waals surface area contributed by atoms with Gasteiger partial charge in [-0.25, -0.2) is 0 Å². The fourth-order valence-corrected chi connectivity index (χ4v) is 1.20. The van der Waals surface area contributed by atoms with E-state index in [2.05, 4.69) is 16.2 Å². The Morgan fingerprint density at radius 1 is 1.33 bits per heavy atom. The fraction of sp³-hybridized carbons (Fsp3) is 0.111. The highest BCUT2D eigenvalue weighted by Crippen LogP contribution is 2.19. The van der Waals surface area contributed by atoms with Crippen molar-refractivity contribution in [2.45, 2.75) is 6.92 Å². The summed E-state index contributed by atoms with van der Waals surface area (Å²) in [5.41, 5.74) is 5.55. The van der Waals surface area contributed by atoms with Crippen LogP contribution in [0.3, 0.4) is 0 Å². The Morgan fingerprint density at radius 2 is 2.00 bits per heavy atom. The second-order valence-corrected chi connectivity index (χ2v) is 3.56. The minimum Gasteiger partial charge on any atom is -0.330 e. The molecule has 0 saturated heterocycles. The Hall–Kier alpha value is -1.33. The zero-order chi connectivity index (χ0) is 11.3. The van der Waals surface area contributed by atoms with Crippen molar-refractivity contribution in [3.63, 3.8) is 0 Å². The largest absolute Gasteiger partial charge is 0.330 e. The molecule has 0 unspecified atom stereocenters. The van der Waals surface area contributed by atoms with E-state index in [1.54, 1.807) is 12.1 Å². The third-order valence-corrected chi connectivity index (χ3v) is 2.01. The van der Waals surface area contributed by atoms with Crippen LogP contribution in [0, 0.1) is 0 Å². The molecule has 0 saturated carbocycles. The number of para-hydroxylation sites is 1. The number of nitrogens with one attached hydrogen (secondary N) is 3. The van der Waals surface area contributed by atoms with E-state index in [4.69, 9.17) is 23.8 Å². The number of amides is 1. The topological polar surface area (TPSA) is 53.2 Å². The maximum Gasteiger partial charge on any atom is 0.235 e. The molecule has 0 aliphatic heterocycles. The Morgan fingerprint density at radius 3 is 2.60 bits per heavy atom. The van der Waals surface area contributed by atoms with Crippen LogP contribution in [0.5, 0.6) is 0 Å². The maximum atomic E-state index is 10.6. The van der Waals surface area contributed by atoms with Crippen molar-refractivity contribution in [3.8, 4) is 0 Å². The first-order valence-corrected chi connectivity index (χ1v) is 4.96. The monoisotopic (exact) mass is 243 g/mol. The number of halogens is 1. The molecule has 15 heavy (non-hydrogen) atoms. The molecule has 0 aliphatic rings. The van der Waals surface area contributed by atoms with Crippen LogP contribution in [-0.2, 0) is 4.79 Å². The summed E-state index contributed by atoms with van der Waals surface area (Å²) in [6.45, 7) is 1.38. The number of thiocarbonyl (C=S) groups is 1. The molecule has 6 heteroatoms. The SMILES string of the molecule is CC(=O)NNC(=S)Nc1ccccc1Cl. The molecular weight excluding hydrogens is 234 g/mol. The number of hydrazine groups is 1. The molecule has 1 amide bonds. The number of hydrogen-bond acceptors (Lipinski definition) is 2. The highest BCUT2D eigenvalue weighted by atomic mass is 35.5. The van der Waals surface area contributed by atoms with E-state index in [0.29, 0.717) is 10.7 Å². The minimum atomic E-state index is -0.224. The summed E-state index contributed by atoms with van der Waals surface area (Å²) in [6.07, 6.45) is 0. The lowest BCUT2D eigenvalue weighted by atomic mass is 10.3. The molecule has 1 aromatic carbocycles. The van der Waals surface area contributed by atoms with Gasteiger partial charge >= 0.3 is 0 Å². The van der Waals surface area contributed by atoms with Gasteiger partial charge in [0.25, 0.3) is 0 Å². The van der Waals surface area contributed by atoms with Gasteiger partial charge in [-0.05, 0) is 24.4 Å². The summed E-state index contributed by atoms with van der Waals surface area (Å²) in [5.74, 6) is -0.224. The van der Waals surface area contributed by atoms with Gasteiger partial charge in [0.2, 0.25) is 5.91 Å². The lowest BCUT2D eigenvalue weighted by molar-refractivity contribution is -0.119. The summed E-state index contributed by atoms with van der Waals surface area (Å²) in [5, 5.41) is 3.68. The molecule has 0 heterocycles. The first-order chi connectivity index (χ1) is 7.09. The molecule has 0 spiro atoms. The zero-order valence-corrected chi connectivity index (χ0v) is 9.58. The molecule has 80 valence electrons. The minimum absolute atomic E-state index is 0.224. The van der Waals surface area contributed by atoms with Gasteiger partial charge in [-0.2, -0.15) is 0 Å². The van der Waals surface area contributed by atoms with Crippen molar-refractivity contribution in [2.75, 3.05) is 5.32 Å². The standard InChI is InChI=1S/C9H10ClN3OS/c1-6(14)12-13-9(15)11-8-5-3-2-4-7(8)10/h2-5H,1H3,(H,12,14)(H2,11,13,15). The third-order valence-electron chi connectivity index (χ3n) is 1.47. The van der Waals surface area contributed by atoms with Crippen molar-refractivity contribution in [1.82, 2.24) is 10.9 Å². The highest BCUT2D eigenvalue weighted by molar-refractivity contribution is 7.80. The lowest BCUT2D eigenvalue weighted by Gasteiger charge is -2.11. The van der Waals surface area contributed by atoms with Crippen molar-refractivity contribution < 1.29 is 4.79 Å². The molecule has 0 aromatic heterocycles. The number of anilines is 1. The Bertz CT molecular complexity index is 383. The maximum absolute atomic E-state index is 10.6. The van der Waals surface area contributed by atoms with Crippen LogP contribution in [0.2, 0.25) is 5.02 Å². The van der Waals surface area contributed by atoms with Crippen molar-refractivity contribution in [1.29, 1.82) is 0 Å². The molecule has 1 aromatic rings. The number of carbonyl (C=O) groups excluding carboxylic acids is 1. The molecule has 0 aliphatic carbocycles. The van der Waals surface area contributed by atoms with E-state index in [1.807, 2.05) is 12.1 Å². The number of rotatable bonds is 1. The van der Waals surface area contributed by atoms with Gasteiger partial charge in [-0.1, -0.05) is 23.7 Å². The van der Waals surface area contributed by atoms with E-state index in [-0.39, 0.29) is 11.0 Å². The van der Waals surface area contributed by atoms with Gasteiger partial charge in [0.05, 0.1) is 10.7 Å². The summed E-state index contributed by atoms with van der Waals surface area (Å²) < 4.78 is 0. The number of benzene rings is 1. The summed E-state index contributed by atoms with van der Waals surface area (Å²) >= 11 is 10.8. The van der Waals surface area contributed by atoms with Crippen molar-refractivity contribution in [2.24, 2.45) is 0 Å². The van der Waals surface area contributed by atoms with Crippen LogP contribution in [0.4, 0.5) is 5.69 Å². The lowest BCUT2D eigenvalue weighted by Crippen LogP contribution is -2.42. The van der Waals surface area contributed by atoms with E-state index in [9.17, 15) is 4.79 Å². The zero-order valence-electron chi connectivity index (χ0n) is 8.00. The number of hydrogen-bond donors (Lipinski definition) is 3. The van der Waals surface area contributed by atoms with Gasteiger partial charge in [0.15, 0.2) is 5.11 Å². The van der Waals surface area contributed by atoms with E-state index < -0.39 is 0 Å². The predicted octanol–water partition coefficient (Wildman–Crippen LogP) is 1.68. The van der Waals surface area contributed by atoms with Crippen LogP contribution in [0.15, 0.2) is 24.3 Å². The van der Waals surface area contributed by atoms with Gasteiger partial charge in [-0.15, -0.1) is 0 Å². The summed E-state index contributed by atoms with van der Waals surface area (Å²) in [6, 6.07) is 7.17. The molecule has 0 radical (unpaired) electrons. The van der Waals surface area contributed by atoms with Gasteiger partial charge < -0.3 is 5.32 Å². The third kappa shape index (κ3) is 4.14. The van der Waals surface area contributed by atoms with Crippen LogP contribution in [0.25, 0.3) is 0 Å². The molecule has 4 nitrogen and oxygen atoms in total. The van der Waals surface area contributed by atoms with Crippen molar-refractivity contribution >= 4 is 40.5 Å². The first-order valence-electron chi connectivity index (χ1n) is 4.17. The predicted molar refractivity (Wildman–Crippen MR) is 64.6 cm³/mol. The average molecular weight is 244 g/mol. The summed E-state index contributed by atoms with van der Waals surface area (Å²) in [4.78, 5) is 10.6. The molecule has 0 atom stereocenters. The molecule has 0 fully saturated rings. The fourth-order valence-electron chi connectivity index (χ4n) is 0.861. The Balaban J connectivity index is 2.52. The smallest absolute Gasteiger partial charge is 0.235 e. The van der Waals surface area contributed by atoms with Crippen LogP contribution < -0.4 is 16.2 Å². The van der Waals surface area contributed by atoms with Crippen LogP contribution in [-0.4, -0.2) is 11.0 Å². The Labute approximate surface area is 98.0 Å².